The minimum absolute atomic E-state index is 0.755. The number of ether oxygens (including phenoxy) is 2. The maximum Gasteiger partial charge on any atom is 0.161 e. The lowest BCUT2D eigenvalue weighted by Gasteiger charge is -2.10. The molecule has 18 heavy (non-hydrogen) atoms. The summed E-state index contributed by atoms with van der Waals surface area (Å²) in [6.07, 6.45) is 1.92. The van der Waals surface area contributed by atoms with Crippen LogP contribution in [0.2, 0.25) is 0 Å². The lowest BCUT2D eigenvalue weighted by atomic mass is 10.2. The predicted octanol–water partition coefficient (Wildman–Crippen LogP) is 2.32. The van der Waals surface area contributed by atoms with Crippen LogP contribution in [0.3, 0.4) is 0 Å². The number of hydrogen-bond acceptors (Lipinski definition) is 3. The Labute approximate surface area is 107 Å². The standard InChI is InChI=1S/C14H18N2O2/c1-17-13-6-5-11(8-14(13)18-2)9-15-10-12-4-3-7-16-12/h3-8,15-16H,9-10H2,1-2H3. The smallest absolute Gasteiger partial charge is 0.161 e. The van der Waals surface area contributed by atoms with Crippen LogP contribution in [-0.2, 0) is 13.1 Å². The van der Waals surface area contributed by atoms with E-state index in [4.69, 9.17) is 9.47 Å². The van der Waals surface area contributed by atoms with Gasteiger partial charge in [0.25, 0.3) is 0 Å². The Hall–Kier alpha value is -1.94. The highest BCUT2D eigenvalue weighted by molar-refractivity contribution is 5.42. The molecule has 0 spiro atoms. The van der Waals surface area contributed by atoms with Crippen molar-refractivity contribution >= 4 is 0 Å². The van der Waals surface area contributed by atoms with Gasteiger partial charge in [-0.25, -0.2) is 0 Å². The zero-order valence-corrected chi connectivity index (χ0v) is 10.7. The van der Waals surface area contributed by atoms with Crippen LogP contribution in [0.25, 0.3) is 0 Å². The predicted molar refractivity (Wildman–Crippen MR) is 70.9 cm³/mol. The molecule has 0 aliphatic rings. The summed E-state index contributed by atoms with van der Waals surface area (Å²) in [6.45, 7) is 1.61. The van der Waals surface area contributed by atoms with E-state index in [1.807, 2.05) is 30.5 Å². The third-order valence-corrected chi connectivity index (χ3v) is 2.75. The molecule has 1 aromatic heterocycles. The Morgan fingerprint density at radius 3 is 2.56 bits per heavy atom. The molecular weight excluding hydrogens is 228 g/mol. The van der Waals surface area contributed by atoms with Crippen molar-refractivity contribution < 1.29 is 9.47 Å². The first-order chi connectivity index (χ1) is 8.83. The van der Waals surface area contributed by atoms with Crippen LogP contribution in [0.4, 0.5) is 0 Å². The number of methoxy groups -OCH3 is 2. The number of benzene rings is 1. The van der Waals surface area contributed by atoms with Crippen LogP contribution in [-0.4, -0.2) is 19.2 Å². The molecule has 0 aliphatic heterocycles. The molecule has 0 aliphatic carbocycles. The summed E-state index contributed by atoms with van der Waals surface area (Å²) in [6, 6.07) is 9.99. The molecule has 2 N–H and O–H groups in total. The van der Waals surface area contributed by atoms with Crippen molar-refractivity contribution in [3.63, 3.8) is 0 Å². The largest absolute Gasteiger partial charge is 0.493 e. The highest BCUT2D eigenvalue weighted by Crippen LogP contribution is 2.27. The fraction of sp³-hybridized carbons (Fsp3) is 0.286. The molecule has 2 rings (SSSR count). The molecule has 1 heterocycles. The fourth-order valence-electron chi connectivity index (χ4n) is 1.81. The lowest BCUT2D eigenvalue weighted by Crippen LogP contribution is -2.12. The Balaban J connectivity index is 1.93. The summed E-state index contributed by atoms with van der Waals surface area (Å²) in [4.78, 5) is 3.16. The molecule has 0 unspecified atom stereocenters. The van der Waals surface area contributed by atoms with E-state index in [1.165, 1.54) is 11.3 Å². The van der Waals surface area contributed by atoms with Gasteiger partial charge in [-0.2, -0.15) is 0 Å². The van der Waals surface area contributed by atoms with E-state index in [2.05, 4.69) is 16.4 Å². The van der Waals surface area contributed by atoms with Gasteiger partial charge in [0.1, 0.15) is 0 Å². The van der Waals surface area contributed by atoms with E-state index >= 15 is 0 Å². The van der Waals surface area contributed by atoms with Crippen LogP contribution in [0.5, 0.6) is 11.5 Å². The van der Waals surface area contributed by atoms with Gasteiger partial charge in [-0.15, -0.1) is 0 Å². The third-order valence-electron chi connectivity index (χ3n) is 2.75. The quantitative estimate of drug-likeness (QED) is 0.822. The van der Waals surface area contributed by atoms with Crippen molar-refractivity contribution in [2.24, 2.45) is 0 Å². The van der Waals surface area contributed by atoms with E-state index < -0.39 is 0 Å². The Kier molecular flexibility index (Phi) is 4.25. The molecule has 4 nitrogen and oxygen atoms in total. The number of hydrogen-bond donors (Lipinski definition) is 2. The van der Waals surface area contributed by atoms with Crippen molar-refractivity contribution in [2.75, 3.05) is 14.2 Å². The first-order valence-corrected chi connectivity index (χ1v) is 5.87. The van der Waals surface area contributed by atoms with Gasteiger partial charge >= 0.3 is 0 Å². The highest BCUT2D eigenvalue weighted by atomic mass is 16.5. The second-order valence-electron chi connectivity index (χ2n) is 3.99. The van der Waals surface area contributed by atoms with Gasteiger partial charge in [-0.1, -0.05) is 6.07 Å². The average Bonchev–Trinajstić information content (AvgIpc) is 2.91. The summed E-state index contributed by atoms with van der Waals surface area (Å²) in [7, 11) is 3.29. The first kappa shape index (κ1) is 12.5. The van der Waals surface area contributed by atoms with Gasteiger partial charge in [-0.05, 0) is 29.8 Å². The molecule has 4 heteroatoms. The molecule has 0 saturated heterocycles. The van der Waals surface area contributed by atoms with Crippen LogP contribution in [0.1, 0.15) is 11.3 Å². The van der Waals surface area contributed by atoms with Crippen LogP contribution < -0.4 is 14.8 Å². The zero-order chi connectivity index (χ0) is 12.8. The Bertz CT molecular complexity index is 481. The van der Waals surface area contributed by atoms with Crippen LogP contribution in [0, 0.1) is 0 Å². The molecule has 1 aromatic carbocycles. The zero-order valence-electron chi connectivity index (χ0n) is 10.7. The monoisotopic (exact) mass is 246 g/mol. The van der Waals surface area contributed by atoms with E-state index in [1.54, 1.807) is 14.2 Å². The summed E-state index contributed by atoms with van der Waals surface area (Å²) < 4.78 is 10.5. The average molecular weight is 246 g/mol. The Morgan fingerprint density at radius 1 is 1.06 bits per heavy atom. The van der Waals surface area contributed by atoms with Gasteiger partial charge in [0.05, 0.1) is 14.2 Å². The lowest BCUT2D eigenvalue weighted by molar-refractivity contribution is 0.354. The van der Waals surface area contributed by atoms with Crippen molar-refractivity contribution in [1.29, 1.82) is 0 Å². The fourth-order valence-corrected chi connectivity index (χ4v) is 1.81. The van der Waals surface area contributed by atoms with E-state index in [0.717, 1.165) is 24.6 Å². The second-order valence-corrected chi connectivity index (χ2v) is 3.99. The molecule has 0 fully saturated rings. The van der Waals surface area contributed by atoms with Crippen molar-refractivity contribution in [1.82, 2.24) is 10.3 Å². The van der Waals surface area contributed by atoms with E-state index in [0.29, 0.717) is 0 Å². The van der Waals surface area contributed by atoms with Gasteiger partial charge in [0, 0.05) is 25.0 Å². The summed E-state index contributed by atoms with van der Waals surface area (Å²) in [5.74, 6) is 1.52. The summed E-state index contributed by atoms with van der Waals surface area (Å²) in [5, 5.41) is 3.37. The number of rotatable bonds is 6. The number of aromatic nitrogens is 1. The Morgan fingerprint density at radius 2 is 1.89 bits per heavy atom. The summed E-state index contributed by atoms with van der Waals surface area (Å²) >= 11 is 0. The van der Waals surface area contributed by atoms with Crippen LogP contribution in [0.15, 0.2) is 36.5 Å². The highest BCUT2D eigenvalue weighted by Gasteiger charge is 2.04. The molecule has 0 radical (unpaired) electrons. The van der Waals surface area contributed by atoms with Crippen molar-refractivity contribution in [3.05, 3.63) is 47.8 Å². The van der Waals surface area contributed by atoms with Gasteiger partial charge in [-0.3, -0.25) is 0 Å². The molecule has 0 saturated carbocycles. The van der Waals surface area contributed by atoms with Crippen molar-refractivity contribution in [3.8, 4) is 11.5 Å². The molecule has 0 amide bonds. The molecule has 2 aromatic rings. The molecule has 96 valence electrons. The van der Waals surface area contributed by atoms with Gasteiger partial charge in [0.15, 0.2) is 11.5 Å². The van der Waals surface area contributed by atoms with Crippen molar-refractivity contribution in [2.45, 2.75) is 13.1 Å². The number of aromatic amines is 1. The third kappa shape index (κ3) is 3.05. The number of nitrogens with one attached hydrogen (secondary N) is 2. The van der Waals surface area contributed by atoms with Crippen LogP contribution >= 0.6 is 0 Å². The second kappa shape index (κ2) is 6.12. The first-order valence-electron chi connectivity index (χ1n) is 5.87. The minimum atomic E-state index is 0.755. The van der Waals surface area contributed by atoms with Gasteiger partial charge < -0.3 is 19.8 Å². The minimum Gasteiger partial charge on any atom is -0.493 e. The molecule has 0 bridgehead atoms. The maximum atomic E-state index is 5.27. The summed E-state index contributed by atoms with van der Waals surface area (Å²) in [5.41, 5.74) is 2.34. The number of H-pyrrole nitrogens is 1. The van der Waals surface area contributed by atoms with Gasteiger partial charge in [0.2, 0.25) is 0 Å². The van der Waals surface area contributed by atoms with E-state index in [9.17, 15) is 0 Å². The molecule has 0 atom stereocenters. The SMILES string of the molecule is COc1ccc(CNCc2ccc[nH]2)cc1OC. The van der Waals surface area contributed by atoms with E-state index in [-0.39, 0.29) is 0 Å². The normalized spacial score (nSPS) is 10.3. The molecular formula is C14H18N2O2. The maximum absolute atomic E-state index is 5.27. The topological polar surface area (TPSA) is 46.3 Å².